The standard InChI is InChI=1S/C26H33ClN6O4/c1-14(34)13-33-7-5-15-10-20(21(36-2)11-16(15)6-8-33)30-26-29-12-19(27)24(32-26)31-22-17-3-4-18(9-17)23(22)37-25(28)35/h3-4,10-12,14,17-18,22-23,34H,5-9,13H2,1-2H3,(H2,28,35)(H2,29,30,31,32)/t14?,17-,18+,22+,23-/m0/s1. The van der Waals surface area contributed by atoms with Gasteiger partial charge >= 0.3 is 6.09 Å². The molecule has 2 heterocycles. The number of anilines is 3. The van der Waals surface area contributed by atoms with Gasteiger partial charge in [-0.2, -0.15) is 4.98 Å². The van der Waals surface area contributed by atoms with Crippen LogP contribution >= 0.6 is 11.6 Å². The van der Waals surface area contributed by atoms with Crippen LogP contribution in [0.3, 0.4) is 0 Å². The van der Waals surface area contributed by atoms with E-state index in [2.05, 4.69) is 49.8 Å². The highest BCUT2D eigenvalue weighted by atomic mass is 35.5. The smallest absolute Gasteiger partial charge is 0.404 e. The van der Waals surface area contributed by atoms with E-state index < -0.39 is 6.09 Å². The third kappa shape index (κ3) is 5.61. The molecule has 0 saturated heterocycles. The summed E-state index contributed by atoms with van der Waals surface area (Å²) in [6.07, 6.45) is 6.84. The molecule has 5 N–H and O–H groups in total. The maximum Gasteiger partial charge on any atom is 0.404 e. The summed E-state index contributed by atoms with van der Waals surface area (Å²) in [6, 6.07) is 3.96. The quantitative estimate of drug-likeness (QED) is 0.381. The van der Waals surface area contributed by atoms with Gasteiger partial charge in [0.2, 0.25) is 5.95 Å². The van der Waals surface area contributed by atoms with Crippen molar-refractivity contribution < 1.29 is 19.4 Å². The summed E-state index contributed by atoms with van der Waals surface area (Å²) < 4.78 is 11.1. The van der Waals surface area contributed by atoms with E-state index in [-0.39, 0.29) is 30.1 Å². The first kappa shape index (κ1) is 25.6. The second-order valence-corrected chi connectivity index (χ2v) is 10.4. The number of aromatic nitrogens is 2. The third-order valence-electron chi connectivity index (χ3n) is 7.37. The lowest BCUT2D eigenvalue weighted by Gasteiger charge is -2.28. The average molecular weight is 529 g/mol. The van der Waals surface area contributed by atoms with Gasteiger partial charge in [0, 0.05) is 31.5 Å². The van der Waals surface area contributed by atoms with Gasteiger partial charge in [0.25, 0.3) is 0 Å². The van der Waals surface area contributed by atoms with Gasteiger partial charge in [0.05, 0.1) is 31.1 Å². The number of methoxy groups -OCH3 is 1. The van der Waals surface area contributed by atoms with Gasteiger partial charge in [0.1, 0.15) is 16.9 Å². The first-order valence-corrected chi connectivity index (χ1v) is 13.0. The first-order valence-electron chi connectivity index (χ1n) is 12.6. The van der Waals surface area contributed by atoms with Gasteiger partial charge in [-0.05, 0) is 49.4 Å². The number of hydrogen-bond acceptors (Lipinski definition) is 9. The Kier molecular flexibility index (Phi) is 7.41. The van der Waals surface area contributed by atoms with Crippen LogP contribution in [0.25, 0.3) is 0 Å². The van der Waals surface area contributed by atoms with E-state index in [4.69, 9.17) is 26.8 Å². The zero-order valence-electron chi connectivity index (χ0n) is 21.0. The molecule has 1 aromatic heterocycles. The lowest BCUT2D eigenvalue weighted by atomic mass is 9.98. The van der Waals surface area contributed by atoms with Gasteiger partial charge in [0.15, 0.2) is 5.82 Å². The number of aliphatic hydroxyl groups is 1. The lowest BCUT2D eigenvalue weighted by Crippen LogP contribution is -2.41. The average Bonchev–Trinajstić information content (AvgIpc) is 3.39. The molecule has 2 bridgehead atoms. The second-order valence-electron chi connectivity index (χ2n) is 10.0. The summed E-state index contributed by atoms with van der Waals surface area (Å²) in [4.78, 5) is 22.7. The zero-order valence-corrected chi connectivity index (χ0v) is 21.7. The Morgan fingerprint density at radius 2 is 2.00 bits per heavy atom. The Bertz CT molecular complexity index is 1190. The maximum absolute atomic E-state index is 11.5. The first-order chi connectivity index (χ1) is 17.8. The van der Waals surface area contributed by atoms with Crippen LogP contribution in [0.1, 0.15) is 24.5 Å². The summed E-state index contributed by atoms with van der Waals surface area (Å²) in [6.45, 7) is 4.25. The summed E-state index contributed by atoms with van der Waals surface area (Å²) in [7, 11) is 1.64. The SMILES string of the molecule is COc1cc2c(cc1Nc1ncc(Cl)c(N[C@H]3[C@@H](OC(N)=O)[C@@H]4C=C[C@H]3C4)n1)CCN(CC(C)O)CC2. The monoisotopic (exact) mass is 528 g/mol. The normalized spacial score (nSPS) is 25.3. The third-order valence-corrected chi connectivity index (χ3v) is 7.65. The van der Waals surface area contributed by atoms with Crippen LogP contribution in [0.5, 0.6) is 5.75 Å². The van der Waals surface area contributed by atoms with Crippen molar-refractivity contribution in [3.63, 3.8) is 0 Å². The predicted molar refractivity (Wildman–Crippen MR) is 141 cm³/mol. The van der Waals surface area contributed by atoms with E-state index in [0.29, 0.717) is 29.1 Å². The van der Waals surface area contributed by atoms with E-state index in [1.54, 1.807) is 7.11 Å². The van der Waals surface area contributed by atoms with Crippen LogP contribution < -0.4 is 21.1 Å². The van der Waals surface area contributed by atoms with Crippen LogP contribution in [-0.4, -0.2) is 71.1 Å². The Hall–Kier alpha value is -3.08. The van der Waals surface area contributed by atoms with E-state index in [9.17, 15) is 9.90 Å². The molecule has 1 saturated carbocycles. The number of nitrogens with zero attached hydrogens (tertiary/aromatic N) is 3. The number of halogens is 1. The Morgan fingerprint density at radius 1 is 1.27 bits per heavy atom. The van der Waals surface area contributed by atoms with E-state index in [0.717, 1.165) is 38.0 Å². The van der Waals surface area contributed by atoms with Crippen LogP contribution in [0.15, 0.2) is 30.5 Å². The number of β-amino-alcohol motifs (C(OH)–C–C–N with tert-alkyl or cyclic N) is 1. The van der Waals surface area contributed by atoms with Crippen molar-refractivity contribution in [1.82, 2.24) is 14.9 Å². The van der Waals surface area contributed by atoms with Gasteiger partial charge in [-0.25, -0.2) is 9.78 Å². The highest BCUT2D eigenvalue weighted by Gasteiger charge is 2.47. The number of ether oxygens (including phenoxy) is 2. The molecule has 0 spiro atoms. The Morgan fingerprint density at radius 3 is 2.70 bits per heavy atom. The molecule has 1 unspecified atom stereocenters. The molecule has 1 fully saturated rings. The number of benzene rings is 1. The molecule has 2 aliphatic carbocycles. The number of aliphatic hydroxyl groups excluding tert-OH is 1. The molecule has 198 valence electrons. The molecule has 5 atom stereocenters. The van der Waals surface area contributed by atoms with Crippen molar-refractivity contribution in [2.24, 2.45) is 17.6 Å². The number of primary amides is 1. The number of carbonyl (C=O) groups is 1. The van der Waals surface area contributed by atoms with Crippen molar-refractivity contribution in [1.29, 1.82) is 0 Å². The predicted octanol–water partition coefficient (Wildman–Crippen LogP) is 3.11. The van der Waals surface area contributed by atoms with E-state index >= 15 is 0 Å². The molecule has 1 aliphatic heterocycles. The van der Waals surface area contributed by atoms with Gasteiger partial charge in [-0.15, -0.1) is 0 Å². The minimum absolute atomic E-state index is 0.119. The number of hydrogen-bond donors (Lipinski definition) is 4. The number of rotatable bonds is 8. The second kappa shape index (κ2) is 10.7. The fourth-order valence-electron chi connectivity index (χ4n) is 5.69. The van der Waals surface area contributed by atoms with Gasteiger partial charge in [-0.1, -0.05) is 23.8 Å². The van der Waals surface area contributed by atoms with Crippen LogP contribution in [-0.2, 0) is 17.6 Å². The maximum atomic E-state index is 11.5. The molecule has 11 heteroatoms. The van der Waals surface area contributed by atoms with E-state index in [1.807, 2.05) is 6.92 Å². The molecule has 3 aliphatic rings. The number of nitrogens with two attached hydrogens (primary N) is 1. The Labute approximate surface area is 221 Å². The highest BCUT2D eigenvalue weighted by molar-refractivity contribution is 6.32. The van der Waals surface area contributed by atoms with Gasteiger partial charge in [-0.3, -0.25) is 0 Å². The zero-order chi connectivity index (χ0) is 26.1. The molecule has 37 heavy (non-hydrogen) atoms. The number of nitrogens with one attached hydrogen (secondary N) is 2. The summed E-state index contributed by atoms with van der Waals surface area (Å²) in [5.74, 6) is 1.82. The van der Waals surface area contributed by atoms with Crippen molar-refractivity contribution in [3.05, 3.63) is 46.6 Å². The van der Waals surface area contributed by atoms with Crippen molar-refractivity contribution in [2.75, 3.05) is 37.4 Å². The van der Waals surface area contributed by atoms with E-state index in [1.165, 1.54) is 17.3 Å². The number of carbonyl (C=O) groups excluding carboxylic acids is 1. The minimum atomic E-state index is -0.793. The fraction of sp³-hybridized carbons (Fsp3) is 0.500. The summed E-state index contributed by atoms with van der Waals surface area (Å²) >= 11 is 6.44. The molecular formula is C26H33ClN6O4. The number of fused-ring (bicyclic) bond motifs is 3. The largest absolute Gasteiger partial charge is 0.495 e. The molecule has 5 rings (SSSR count). The topological polar surface area (TPSA) is 135 Å². The molecule has 0 radical (unpaired) electrons. The van der Waals surface area contributed by atoms with Crippen LogP contribution in [0.4, 0.5) is 22.2 Å². The molecule has 10 nitrogen and oxygen atoms in total. The minimum Gasteiger partial charge on any atom is -0.495 e. The van der Waals surface area contributed by atoms with Crippen molar-refractivity contribution in [2.45, 2.75) is 44.4 Å². The highest BCUT2D eigenvalue weighted by Crippen LogP contribution is 2.43. The van der Waals surface area contributed by atoms with Crippen LogP contribution in [0.2, 0.25) is 5.02 Å². The van der Waals surface area contributed by atoms with Crippen molar-refractivity contribution >= 4 is 35.1 Å². The molecular weight excluding hydrogens is 496 g/mol. The summed E-state index contributed by atoms with van der Waals surface area (Å²) in [5.41, 5.74) is 8.54. The lowest BCUT2D eigenvalue weighted by molar-refractivity contribution is 0.0853. The van der Waals surface area contributed by atoms with Crippen molar-refractivity contribution in [3.8, 4) is 5.75 Å². The van der Waals surface area contributed by atoms with Crippen LogP contribution in [0, 0.1) is 11.8 Å². The van der Waals surface area contributed by atoms with Gasteiger partial charge < -0.3 is 35.8 Å². The molecule has 1 amide bonds. The molecule has 2 aromatic rings. The fourth-order valence-corrected chi connectivity index (χ4v) is 5.84. The molecule has 1 aromatic carbocycles. The Balaban J connectivity index is 1.35. The number of amides is 1. The summed E-state index contributed by atoms with van der Waals surface area (Å²) in [5, 5.41) is 16.8.